The minimum absolute atomic E-state index is 0.0882. The smallest absolute Gasteiger partial charge is 0.352 e. The van der Waals surface area contributed by atoms with Gasteiger partial charge in [0.15, 0.2) is 0 Å². The van der Waals surface area contributed by atoms with E-state index in [9.17, 15) is 27.9 Å². The number of sulfonamides is 1. The van der Waals surface area contributed by atoms with Crippen molar-refractivity contribution in [3.8, 4) is 0 Å². The summed E-state index contributed by atoms with van der Waals surface area (Å²) in [5.74, 6) is -2.07. The van der Waals surface area contributed by atoms with Crippen LogP contribution in [0, 0.1) is 0 Å². The van der Waals surface area contributed by atoms with Crippen molar-refractivity contribution in [2.75, 3.05) is 30.4 Å². The highest BCUT2D eigenvalue weighted by molar-refractivity contribution is 8.00. The third kappa shape index (κ3) is 4.84. The number of thioether (sulfide) groups is 1. The van der Waals surface area contributed by atoms with Crippen LogP contribution in [0.4, 0.5) is 5.69 Å². The third-order valence-corrected chi connectivity index (χ3v) is 6.64. The van der Waals surface area contributed by atoms with E-state index >= 15 is 0 Å². The zero-order chi connectivity index (χ0) is 22.9. The van der Waals surface area contributed by atoms with Crippen LogP contribution in [-0.4, -0.2) is 73.3 Å². The molecule has 168 valence electrons. The summed E-state index contributed by atoms with van der Waals surface area (Å²) in [7, 11) is -2.06. The average Bonchev–Trinajstić information content (AvgIpc) is 2.69. The Morgan fingerprint density at radius 3 is 2.74 bits per heavy atom. The zero-order valence-corrected chi connectivity index (χ0v) is 18.3. The molecule has 3 atom stereocenters. The van der Waals surface area contributed by atoms with Gasteiger partial charge in [-0.25, -0.2) is 13.2 Å². The molecule has 31 heavy (non-hydrogen) atoms. The van der Waals surface area contributed by atoms with Gasteiger partial charge < -0.3 is 20.9 Å². The molecule has 0 aliphatic carbocycles. The van der Waals surface area contributed by atoms with Gasteiger partial charge in [0, 0.05) is 18.6 Å². The Bertz CT molecular complexity index is 1060. The summed E-state index contributed by atoms with van der Waals surface area (Å²) in [5.41, 5.74) is 6.97. The van der Waals surface area contributed by atoms with E-state index in [4.69, 9.17) is 10.5 Å². The summed E-state index contributed by atoms with van der Waals surface area (Å²) in [6.07, 6.45) is 1.000. The van der Waals surface area contributed by atoms with Gasteiger partial charge in [0.25, 0.3) is 5.91 Å². The summed E-state index contributed by atoms with van der Waals surface area (Å²) in [5, 5.41) is 11.5. The molecule has 2 amide bonds. The second kappa shape index (κ2) is 8.86. The molecule has 1 unspecified atom stereocenters. The van der Waals surface area contributed by atoms with Gasteiger partial charge in [-0.1, -0.05) is 12.1 Å². The lowest BCUT2D eigenvalue weighted by Crippen LogP contribution is -2.71. The van der Waals surface area contributed by atoms with E-state index in [1.165, 1.54) is 31.0 Å². The number of ether oxygens (including phenoxy) is 1. The van der Waals surface area contributed by atoms with Crippen LogP contribution in [0.5, 0.6) is 0 Å². The van der Waals surface area contributed by atoms with E-state index in [2.05, 4.69) is 10.0 Å². The van der Waals surface area contributed by atoms with Crippen LogP contribution in [-0.2, 0) is 29.1 Å². The number of rotatable bonds is 8. The van der Waals surface area contributed by atoms with Crippen molar-refractivity contribution >= 4 is 45.3 Å². The molecule has 3 rings (SSSR count). The number of carbonyl (C=O) groups excluding carboxylic acids is 2. The largest absolute Gasteiger partial charge is 0.477 e. The van der Waals surface area contributed by atoms with Crippen molar-refractivity contribution in [3.05, 3.63) is 41.1 Å². The monoisotopic (exact) mass is 470 g/mol. The maximum Gasteiger partial charge on any atom is 0.352 e. The maximum atomic E-state index is 12.6. The molecule has 13 heteroatoms. The molecule has 1 saturated heterocycles. The van der Waals surface area contributed by atoms with E-state index < -0.39 is 45.3 Å². The Hall–Kier alpha value is -2.61. The number of aliphatic carboxylic acids is 1. The number of methoxy groups -OCH3 is 1. The quantitative estimate of drug-likeness (QED) is 0.364. The van der Waals surface area contributed by atoms with Crippen LogP contribution >= 0.6 is 11.8 Å². The lowest BCUT2D eigenvalue weighted by molar-refractivity contribution is -0.151. The lowest BCUT2D eigenvalue weighted by atomic mass is 10.0. The first kappa shape index (κ1) is 23.1. The number of carboxylic acid groups (broad SMARTS) is 1. The fraction of sp³-hybridized carbons (Fsp3) is 0.389. The van der Waals surface area contributed by atoms with Crippen LogP contribution in [0.25, 0.3) is 0 Å². The molecule has 2 aliphatic heterocycles. The van der Waals surface area contributed by atoms with Gasteiger partial charge in [0.1, 0.15) is 23.2 Å². The highest BCUT2D eigenvalue weighted by atomic mass is 32.2. The molecule has 5 N–H and O–H groups in total. The molecule has 1 aromatic rings. The average molecular weight is 471 g/mol. The molecule has 1 aromatic carbocycles. The van der Waals surface area contributed by atoms with Gasteiger partial charge in [0.05, 0.1) is 12.9 Å². The third-order valence-electron chi connectivity index (χ3n) is 4.70. The van der Waals surface area contributed by atoms with E-state index in [1.54, 1.807) is 12.1 Å². The van der Waals surface area contributed by atoms with Crippen molar-refractivity contribution in [2.45, 2.75) is 17.5 Å². The Morgan fingerprint density at radius 1 is 1.42 bits per heavy atom. The van der Waals surface area contributed by atoms with Crippen LogP contribution in [0.1, 0.15) is 11.6 Å². The highest BCUT2D eigenvalue weighted by Gasteiger charge is 2.54. The number of fused-ring (bicyclic) bond motifs is 1. The van der Waals surface area contributed by atoms with E-state index in [0.717, 1.165) is 11.2 Å². The standard InChI is InChI=1S/C18H22N4O7S2/c1-29-7-10-8-30-17-13(16(24)22(17)14(10)18(25)26)20-15(23)12(19)9-4-3-5-11(6-9)21-31(2,27)28/h3-6,12-13,17,21H,7-8,19H2,1-2H3,(H,20,23)(H,25,26)/t12-,13?,17+/m1/s1. The summed E-state index contributed by atoms with van der Waals surface area (Å²) < 4.78 is 30.1. The number of benzene rings is 1. The van der Waals surface area contributed by atoms with Gasteiger partial charge in [0.2, 0.25) is 15.9 Å². The van der Waals surface area contributed by atoms with Crippen molar-refractivity contribution in [2.24, 2.45) is 5.73 Å². The fourth-order valence-electron chi connectivity index (χ4n) is 3.37. The van der Waals surface area contributed by atoms with Gasteiger partial charge in [-0.3, -0.25) is 19.2 Å². The maximum absolute atomic E-state index is 12.6. The molecule has 0 radical (unpaired) electrons. The van der Waals surface area contributed by atoms with E-state index in [1.807, 2.05) is 0 Å². The van der Waals surface area contributed by atoms with Crippen LogP contribution in [0.3, 0.4) is 0 Å². The first-order valence-corrected chi connectivity index (χ1v) is 12.0. The number of amides is 2. The molecule has 0 aromatic heterocycles. The van der Waals surface area contributed by atoms with Crippen LogP contribution in [0.2, 0.25) is 0 Å². The predicted octanol–water partition coefficient (Wildman–Crippen LogP) is -0.557. The minimum atomic E-state index is -3.50. The number of nitrogens with two attached hydrogens (primary N) is 1. The fourth-order valence-corrected chi connectivity index (χ4v) is 5.26. The summed E-state index contributed by atoms with van der Waals surface area (Å²) in [4.78, 5) is 38.1. The number of β-lactam (4-membered cyclic amide) rings is 1. The van der Waals surface area contributed by atoms with Gasteiger partial charge >= 0.3 is 5.97 Å². The van der Waals surface area contributed by atoms with E-state index in [-0.39, 0.29) is 18.0 Å². The molecule has 2 aliphatic rings. The number of anilines is 1. The Morgan fingerprint density at radius 2 is 2.13 bits per heavy atom. The normalized spacial score (nSPS) is 21.8. The first-order valence-electron chi connectivity index (χ1n) is 9.06. The summed E-state index contributed by atoms with van der Waals surface area (Å²) >= 11 is 1.32. The van der Waals surface area contributed by atoms with Crippen LogP contribution in [0.15, 0.2) is 35.5 Å². The Balaban J connectivity index is 1.72. The molecule has 2 heterocycles. The summed E-state index contributed by atoms with van der Waals surface area (Å²) in [6, 6.07) is 3.97. The van der Waals surface area contributed by atoms with Gasteiger partial charge in [-0.05, 0) is 23.3 Å². The molecular weight excluding hydrogens is 448 g/mol. The van der Waals surface area contributed by atoms with Crippen molar-refractivity contribution < 1.29 is 32.6 Å². The minimum Gasteiger partial charge on any atom is -0.477 e. The number of carboxylic acids is 1. The van der Waals surface area contributed by atoms with Crippen molar-refractivity contribution in [3.63, 3.8) is 0 Å². The van der Waals surface area contributed by atoms with Gasteiger partial charge in [-0.2, -0.15) is 0 Å². The second-order valence-corrected chi connectivity index (χ2v) is 9.92. The zero-order valence-electron chi connectivity index (χ0n) is 16.7. The molecule has 1 fully saturated rings. The number of hydrogen-bond acceptors (Lipinski definition) is 8. The Kier molecular flexibility index (Phi) is 6.59. The SMILES string of the molecule is COCC1=C(C(=O)O)N2C(=O)C(NC(=O)[C@H](N)c3cccc(NS(C)(=O)=O)c3)[C@@H]2SC1. The van der Waals surface area contributed by atoms with E-state index in [0.29, 0.717) is 16.9 Å². The molecule has 0 bridgehead atoms. The number of nitrogens with zero attached hydrogens (tertiary/aromatic N) is 1. The van der Waals surface area contributed by atoms with Gasteiger partial charge in [-0.15, -0.1) is 11.8 Å². The summed E-state index contributed by atoms with van der Waals surface area (Å²) in [6.45, 7) is 0.0882. The Labute approximate surface area is 183 Å². The van der Waals surface area contributed by atoms with Crippen LogP contribution < -0.4 is 15.8 Å². The lowest BCUT2D eigenvalue weighted by Gasteiger charge is -2.49. The molecule has 0 saturated carbocycles. The predicted molar refractivity (Wildman–Crippen MR) is 113 cm³/mol. The van der Waals surface area contributed by atoms with Crippen molar-refractivity contribution in [1.29, 1.82) is 0 Å². The van der Waals surface area contributed by atoms with Crippen molar-refractivity contribution in [1.82, 2.24) is 10.2 Å². The number of carbonyl (C=O) groups is 3. The number of nitrogens with one attached hydrogen (secondary N) is 2. The molecule has 0 spiro atoms. The topological polar surface area (TPSA) is 168 Å². The molecular formula is C18H22N4O7S2. The second-order valence-electron chi connectivity index (χ2n) is 7.06. The highest BCUT2D eigenvalue weighted by Crippen LogP contribution is 2.40. The number of hydrogen-bond donors (Lipinski definition) is 4. The first-order chi connectivity index (χ1) is 14.5. The molecule has 11 nitrogen and oxygen atoms in total.